The summed E-state index contributed by atoms with van der Waals surface area (Å²) in [4.78, 5) is 12.1. The highest BCUT2D eigenvalue weighted by Crippen LogP contribution is 2.26. The molecule has 0 saturated carbocycles. The van der Waals surface area contributed by atoms with Crippen LogP contribution in [0.1, 0.15) is 51.4 Å². The molecule has 1 N–H and O–H groups in total. The Morgan fingerprint density at radius 3 is 2.94 bits per heavy atom. The van der Waals surface area contributed by atoms with E-state index in [-0.39, 0.29) is 12.0 Å². The summed E-state index contributed by atoms with van der Waals surface area (Å²) < 4.78 is 7.31. The average Bonchev–Trinajstić information content (AvgIpc) is 2.73. The summed E-state index contributed by atoms with van der Waals surface area (Å²) in [7, 11) is 0. The second kappa shape index (κ2) is 4.72. The van der Waals surface area contributed by atoms with E-state index < -0.39 is 5.60 Å². The number of fused-ring (bicyclic) bond motifs is 1. The predicted octanol–water partition coefficient (Wildman–Crippen LogP) is 1.78. The highest BCUT2D eigenvalue weighted by Gasteiger charge is 2.34. The first-order valence-electron chi connectivity index (χ1n) is 6.43. The largest absolute Gasteiger partial charge is 0.459 e. The smallest absolute Gasteiger partial charge is 0.328 e. The minimum absolute atomic E-state index is 0.225. The van der Waals surface area contributed by atoms with Gasteiger partial charge in [-0.05, 0) is 27.2 Å². The van der Waals surface area contributed by atoms with Gasteiger partial charge in [-0.2, -0.15) is 5.10 Å². The topological polar surface area (TPSA) is 56.2 Å². The zero-order chi connectivity index (χ0) is 13.3. The van der Waals surface area contributed by atoms with E-state index in [1.54, 1.807) is 0 Å². The van der Waals surface area contributed by atoms with Crippen molar-refractivity contribution in [3.63, 3.8) is 0 Å². The molecule has 2 heterocycles. The number of aryl methyl sites for hydroxylation is 1. The first kappa shape index (κ1) is 13.1. The molecule has 2 rings (SSSR count). The molecule has 0 spiro atoms. The molecule has 5 heteroatoms. The zero-order valence-electron chi connectivity index (χ0n) is 11.5. The third kappa shape index (κ3) is 2.72. The Morgan fingerprint density at radius 2 is 2.33 bits per heavy atom. The van der Waals surface area contributed by atoms with Crippen LogP contribution in [0.15, 0.2) is 6.20 Å². The molecule has 1 aliphatic heterocycles. The maximum absolute atomic E-state index is 12.1. The molecular formula is C13H21N3O2. The number of hydrogen-bond acceptors (Lipinski definition) is 4. The number of carbonyl (C=O) groups is 1. The normalized spacial score (nSPS) is 18.8. The number of nitrogens with zero attached hydrogens (tertiary/aromatic N) is 2. The number of hydrogen-bond donors (Lipinski definition) is 1. The van der Waals surface area contributed by atoms with Gasteiger partial charge in [0.05, 0.1) is 5.69 Å². The van der Waals surface area contributed by atoms with Crippen molar-refractivity contribution in [3.8, 4) is 0 Å². The Kier molecular flexibility index (Phi) is 3.43. The summed E-state index contributed by atoms with van der Waals surface area (Å²) in [5.41, 5.74) is 1.46. The maximum atomic E-state index is 12.1. The van der Waals surface area contributed by atoms with E-state index in [1.807, 2.05) is 31.6 Å². The number of aromatic nitrogens is 2. The van der Waals surface area contributed by atoms with Gasteiger partial charge in [0.25, 0.3) is 0 Å². The van der Waals surface area contributed by atoms with E-state index in [0.717, 1.165) is 24.2 Å². The molecule has 0 saturated heterocycles. The highest BCUT2D eigenvalue weighted by atomic mass is 16.6. The summed E-state index contributed by atoms with van der Waals surface area (Å²) >= 11 is 0. The van der Waals surface area contributed by atoms with Crippen molar-refractivity contribution in [2.75, 3.05) is 0 Å². The van der Waals surface area contributed by atoms with Crippen molar-refractivity contribution in [3.05, 3.63) is 17.5 Å². The first-order chi connectivity index (χ1) is 8.40. The molecule has 1 aromatic rings. The first-order valence-corrected chi connectivity index (χ1v) is 6.43. The molecule has 0 bridgehead atoms. The molecule has 0 aromatic carbocycles. The molecule has 0 amide bonds. The summed E-state index contributed by atoms with van der Waals surface area (Å²) in [5, 5.41) is 7.60. The standard InChI is InChI=1S/C13H21N3O2/c1-5-6-16-8-9-10(15-16)7-14-11(9)12(17)18-13(2,3)4/h8,11,14H,5-7H2,1-4H3. The van der Waals surface area contributed by atoms with Crippen LogP contribution in [0.2, 0.25) is 0 Å². The average molecular weight is 251 g/mol. The lowest BCUT2D eigenvalue weighted by molar-refractivity contribution is -0.157. The van der Waals surface area contributed by atoms with Crippen LogP contribution in [0, 0.1) is 0 Å². The van der Waals surface area contributed by atoms with Gasteiger partial charge >= 0.3 is 5.97 Å². The van der Waals surface area contributed by atoms with Gasteiger partial charge in [0.2, 0.25) is 0 Å². The lowest BCUT2D eigenvalue weighted by Crippen LogP contribution is -2.31. The van der Waals surface area contributed by atoms with E-state index in [1.165, 1.54) is 0 Å². The maximum Gasteiger partial charge on any atom is 0.328 e. The molecule has 1 aromatic heterocycles. The van der Waals surface area contributed by atoms with Crippen molar-refractivity contribution in [2.45, 2.75) is 58.8 Å². The second-order valence-electron chi connectivity index (χ2n) is 5.64. The van der Waals surface area contributed by atoms with Crippen LogP contribution in [0.3, 0.4) is 0 Å². The Bertz CT molecular complexity index is 446. The molecule has 1 atom stereocenters. The summed E-state index contributed by atoms with van der Waals surface area (Å²) in [6.07, 6.45) is 2.98. The van der Waals surface area contributed by atoms with Gasteiger partial charge in [-0.3, -0.25) is 10.00 Å². The SMILES string of the molecule is CCCn1cc2c(n1)CNC2C(=O)OC(C)(C)C. The molecule has 0 radical (unpaired) electrons. The Balaban J connectivity index is 2.13. The number of carbonyl (C=O) groups excluding carboxylic acids is 1. The monoisotopic (exact) mass is 251 g/mol. The third-order valence-corrected chi connectivity index (χ3v) is 2.75. The lowest BCUT2D eigenvalue weighted by atomic mass is 10.1. The third-order valence-electron chi connectivity index (χ3n) is 2.75. The quantitative estimate of drug-likeness (QED) is 0.832. The van der Waals surface area contributed by atoms with Crippen LogP contribution in [-0.4, -0.2) is 21.4 Å². The molecule has 1 aliphatic rings. The van der Waals surface area contributed by atoms with Gasteiger partial charge < -0.3 is 4.74 Å². The van der Waals surface area contributed by atoms with E-state index in [4.69, 9.17) is 4.74 Å². The minimum atomic E-state index is -0.457. The van der Waals surface area contributed by atoms with Crippen LogP contribution in [0.25, 0.3) is 0 Å². The van der Waals surface area contributed by atoms with Gasteiger partial charge in [-0.25, -0.2) is 4.79 Å². The van der Waals surface area contributed by atoms with Crippen molar-refractivity contribution in [2.24, 2.45) is 0 Å². The zero-order valence-corrected chi connectivity index (χ0v) is 11.5. The minimum Gasteiger partial charge on any atom is -0.459 e. The van der Waals surface area contributed by atoms with E-state index in [9.17, 15) is 4.79 Å². The lowest BCUT2D eigenvalue weighted by Gasteiger charge is -2.22. The fraction of sp³-hybridized carbons (Fsp3) is 0.692. The van der Waals surface area contributed by atoms with Crippen LogP contribution in [0.4, 0.5) is 0 Å². The van der Waals surface area contributed by atoms with Crippen LogP contribution in [0.5, 0.6) is 0 Å². The van der Waals surface area contributed by atoms with Crippen molar-refractivity contribution in [1.29, 1.82) is 0 Å². The Hall–Kier alpha value is -1.36. The number of rotatable bonds is 3. The molecule has 0 aliphatic carbocycles. The number of nitrogens with one attached hydrogen (secondary N) is 1. The van der Waals surface area contributed by atoms with E-state index >= 15 is 0 Å². The van der Waals surface area contributed by atoms with Gasteiger partial charge in [-0.1, -0.05) is 6.92 Å². The van der Waals surface area contributed by atoms with Gasteiger partial charge in [0.1, 0.15) is 11.6 Å². The van der Waals surface area contributed by atoms with Crippen LogP contribution in [-0.2, 0) is 22.6 Å². The highest BCUT2D eigenvalue weighted by molar-refractivity contribution is 5.79. The van der Waals surface area contributed by atoms with Gasteiger partial charge in [-0.15, -0.1) is 0 Å². The Morgan fingerprint density at radius 1 is 1.61 bits per heavy atom. The predicted molar refractivity (Wildman–Crippen MR) is 67.9 cm³/mol. The fourth-order valence-corrected chi connectivity index (χ4v) is 2.08. The molecule has 5 nitrogen and oxygen atoms in total. The van der Waals surface area contributed by atoms with Crippen molar-refractivity contribution < 1.29 is 9.53 Å². The van der Waals surface area contributed by atoms with Gasteiger partial charge in [0.15, 0.2) is 0 Å². The molecule has 1 unspecified atom stereocenters. The molecule has 100 valence electrons. The molecular weight excluding hydrogens is 230 g/mol. The summed E-state index contributed by atoms with van der Waals surface area (Å²) in [6, 6.07) is -0.371. The fourth-order valence-electron chi connectivity index (χ4n) is 2.08. The van der Waals surface area contributed by atoms with E-state index in [2.05, 4.69) is 17.3 Å². The number of esters is 1. The van der Waals surface area contributed by atoms with Crippen molar-refractivity contribution in [1.82, 2.24) is 15.1 Å². The van der Waals surface area contributed by atoms with Crippen LogP contribution < -0.4 is 5.32 Å². The summed E-state index contributed by atoms with van der Waals surface area (Å²) in [5.74, 6) is -0.225. The molecule has 0 fully saturated rings. The second-order valence-corrected chi connectivity index (χ2v) is 5.64. The molecule has 18 heavy (non-hydrogen) atoms. The van der Waals surface area contributed by atoms with E-state index in [0.29, 0.717) is 6.54 Å². The number of ether oxygens (including phenoxy) is 1. The van der Waals surface area contributed by atoms with Crippen LogP contribution >= 0.6 is 0 Å². The van der Waals surface area contributed by atoms with Gasteiger partial charge in [0, 0.05) is 24.8 Å². The van der Waals surface area contributed by atoms with Crippen molar-refractivity contribution >= 4 is 5.97 Å². The Labute approximate surface area is 108 Å². The summed E-state index contributed by atoms with van der Waals surface area (Å²) in [6.45, 7) is 9.25.